The number of aryl methyl sites for hydroxylation is 1. The van der Waals surface area contributed by atoms with Gasteiger partial charge in [0.25, 0.3) is 0 Å². The summed E-state index contributed by atoms with van der Waals surface area (Å²) in [5, 5.41) is 3.50. The van der Waals surface area contributed by atoms with Crippen LogP contribution in [-0.4, -0.2) is 24.5 Å². The van der Waals surface area contributed by atoms with Crippen LogP contribution in [0.15, 0.2) is 10.5 Å². The standard InChI is InChI=1S/C15H24N2O/c1-11-13(10-17(2)9-12-3-4-12)7-15(18-11)8-16-14-5-6-14/h7,12,14,16H,3-6,8-10H2,1-2H3. The van der Waals surface area contributed by atoms with E-state index >= 15 is 0 Å². The molecular weight excluding hydrogens is 224 g/mol. The lowest BCUT2D eigenvalue weighted by atomic mass is 10.2. The first-order valence-corrected chi connectivity index (χ1v) is 7.21. The topological polar surface area (TPSA) is 28.4 Å². The number of furan rings is 1. The van der Waals surface area contributed by atoms with Crippen LogP contribution in [0, 0.1) is 12.8 Å². The molecule has 0 spiro atoms. The average Bonchev–Trinajstić information content (AvgIpc) is 3.20. The fraction of sp³-hybridized carbons (Fsp3) is 0.733. The van der Waals surface area contributed by atoms with E-state index in [0.29, 0.717) is 0 Å². The van der Waals surface area contributed by atoms with Gasteiger partial charge in [-0.05, 0) is 51.6 Å². The van der Waals surface area contributed by atoms with Gasteiger partial charge in [0.05, 0.1) is 6.54 Å². The molecule has 0 unspecified atom stereocenters. The minimum Gasteiger partial charge on any atom is -0.465 e. The van der Waals surface area contributed by atoms with Crippen molar-refractivity contribution in [2.45, 2.75) is 51.7 Å². The molecule has 0 aromatic carbocycles. The minimum atomic E-state index is 0.747. The molecule has 100 valence electrons. The molecule has 18 heavy (non-hydrogen) atoms. The highest BCUT2D eigenvalue weighted by Gasteiger charge is 2.23. The highest BCUT2D eigenvalue weighted by molar-refractivity contribution is 5.20. The van der Waals surface area contributed by atoms with Crippen LogP contribution < -0.4 is 5.32 Å². The summed E-state index contributed by atoms with van der Waals surface area (Å²) in [6, 6.07) is 2.98. The molecule has 0 aliphatic heterocycles. The van der Waals surface area contributed by atoms with Crippen LogP contribution in [0.1, 0.15) is 42.8 Å². The van der Waals surface area contributed by atoms with Gasteiger partial charge in [-0.1, -0.05) is 0 Å². The van der Waals surface area contributed by atoms with Gasteiger partial charge >= 0.3 is 0 Å². The van der Waals surface area contributed by atoms with Gasteiger partial charge in [-0.3, -0.25) is 0 Å². The molecule has 0 bridgehead atoms. The molecule has 3 heteroatoms. The number of hydrogen-bond donors (Lipinski definition) is 1. The maximum Gasteiger partial charge on any atom is 0.118 e. The van der Waals surface area contributed by atoms with Crippen LogP contribution in [0.4, 0.5) is 0 Å². The summed E-state index contributed by atoms with van der Waals surface area (Å²) in [6.45, 7) is 5.23. The maximum atomic E-state index is 5.83. The number of nitrogens with one attached hydrogen (secondary N) is 1. The van der Waals surface area contributed by atoms with Crippen LogP contribution in [0.3, 0.4) is 0 Å². The highest BCUT2D eigenvalue weighted by Crippen LogP contribution is 2.30. The molecule has 0 radical (unpaired) electrons. The Morgan fingerprint density at radius 1 is 1.33 bits per heavy atom. The molecule has 1 aromatic rings. The van der Waals surface area contributed by atoms with Crippen LogP contribution in [0.2, 0.25) is 0 Å². The first kappa shape index (κ1) is 12.2. The summed E-state index contributed by atoms with van der Waals surface area (Å²) >= 11 is 0. The predicted octanol–water partition coefficient (Wildman–Crippen LogP) is 2.68. The maximum absolute atomic E-state index is 5.83. The molecule has 2 aliphatic carbocycles. The summed E-state index contributed by atoms with van der Waals surface area (Å²) < 4.78 is 5.83. The third-order valence-corrected chi connectivity index (χ3v) is 3.92. The quantitative estimate of drug-likeness (QED) is 0.804. The Balaban J connectivity index is 1.52. The molecule has 0 saturated heterocycles. The summed E-state index contributed by atoms with van der Waals surface area (Å²) in [5.41, 5.74) is 1.35. The number of rotatable bonds is 7. The molecule has 0 atom stereocenters. The summed E-state index contributed by atoms with van der Waals surface area (Å²) in [5.74, 6) is 3.14. The molecule has 1 N–H and O–H groups in total. The van der Waals surface area contributed by atoms with E-state index in [1.807, 2.05) is 0 Å². The summed E-state index contributed by atoms with van der Waals surface area (Å²) in [4.78, 5) is 2.42. The van der Waals surface area contributed by atoms with E-state index in [1.165, 1.54) is 37.8 Å². The Morgan fingerprint density at radius 2 is 2.11 bits per heavy atom. The van der Waals surface area contributed by atoms with Crippen molar-refractivity contribution in [1.29, 1.82) is 0 Å². The van der Waals surface area contributed by atoms with E-state index in [9.17, 15) is 0 Å². The largest absolute Gasteiger partial charge is 0.465 e. The smallest absolute Gasteiger partial charge is 0.118 e. The monoisotopic (exact) mass is 248 g/mol. The fourth-order valence-electron chi connectivity index (χ4n) is 2.46. The van der Waals surface area contributed by atoms with Crippen molar-refractivity contribution in [3.05, 3.63) is 23.2 Å². The zero-order valence-electron chi connectivity index (χ0n) is 11.5. The second-order valence-electron chi connectivity index (χ2n) is 6.09. The molecule has 2 aliphatic rings. The SMILES string of the molecule is Cc1oc(CNC2CC2)cc1CN(C)CC1CC1. The van der Waals surface area contributed by atoms with Crippen molar-refractivity contribution < 1.29 is 4.42 Å². The van der Waals surface area contributed by atoms with Gasteiger partial charge in [0.2, 0.25) is 0 Å². The van der Waals surface area contributed by atoms with Gasteiger partial charge < -0.3 is 14.6 Å². The summed E-state index contributed by atoms with van der Waals surface area (Å²) in [7, 11) is 2.22. The molecule has 3 rings (SSSR count). The van der Waals surface area contributed by atoms with Gasteiger partial charge in [-0.15, -0.1) is 0 Å². The number of hydrogen-bond acceptors (Lipinski definition) is 3. The van der Waals surface area contributed by atoms with Crippen LogP contribution in [-0.2, 0) is 13.1 Å². The Morgan fingerprint density at radius 3 is 2.78 bits per heavy atom. The predicted molar refractivity (Wildman–Crippen MR) is 72.4 cm³/mol. The van der Waals surface area contributed by atoms with E-state index in [1.54, 1.807) is 0 Å². The molecule has 1 aromatic heterocycles. The van der Waals surface area contributed by atoms with Crippen molar-refractivity contribution in [2.75, 3.05) is 13.6 Å². The molecule has 1 heterocycles. The van der Waals surface area contributed by atoms with Crippen molar-refractivity contribution >= 4 is 0 Å². The average molecular weight is 248 g/mol. The lowest BCUT2D eigenvalue weighted by Crippen LogP contribution is -2.20. The second-order valence-corrected chi connectivity index (χ2v) is 6.09. The minimum absolute atomic E-state index is 0.747. The normalized spacial score (nSPS) is 19.7. The van der Waals surface area contributed by atoms with E-state index in [2.05, 4.69) is 30.3 Å². The van der Waals surface area contributed by atoms with Crippen molar-refractivity contribution in [2.24, 2.45) is 5.92 Å². The molecule has 2 saturated carbocycles. The van der Waals surface area contributed by atoms with Crippen LogP contribution >= 0.6 is 0 Å². The van der Waals surface area contributed by atoms with Crippen LogP contribution in [0.5, 0.6) is 0 Å². The van der Waals surface area contributed by atoms with Gasteiger partial charge in [0, 0.05) is 24.7 Å². The Kier molecular flexibility index (Phi) is 3.44. The lowest BCUT2D eigenvalue weighted by molar-refractivity contribution is 0.310. The molecular formula is C15H24N2O. The second kappa shape index (κ2) is 5.06. The Bertz CT molecular complexity index is 405. The van der Waals surface area contributed by atoms with Gasteiger partial charge in [-0.25, -0.2) is 0 Å². The van der Waals surface area contributed by atoms with Gasteiger partial charge in [-0.2, -0.15) is 0 Å². The Labute approximate surface area is 110 Å². The first-order chi connectivity index (χ1) is 8.70. The molecule has 2 fully saturated rings. The third kappa shape index (κ3) is 3.36. The van der Waals surface area contributed by atoms with Gasteiger partial charge in [0.1, 0.15) is 11.5 Å². The fourth-order valence-corrected chi connectivity index (χ4v) is 2.46. The van der Waals surface area contributed by atoms with Gasteiger partial charge in [0.15, 0.2) is 0 Å². The number of nitrogens with zero attached hydrogens (tertiary/aromatic N) is 1. The molecule has 3 nitrogen and oxygen atoms in total. The van der Waals surface area contributed by atoms with Crippen molar-refractivity contribution in [1.82, 2.24) is 10.2 Å². The Hall–Kier alpha value is -0.800. The molecule has 0 amide bonds. The van der Waals surface area contributed by atoms with Crippen molar-refractivity contribution in [3.63, 3.8) is 0 Å². The van der Waals surface area contributed by atoms with E-state index in [0.717, 1.165) is 36.6 Å². The highest BCUT2D eigenvalue weighted by atomic mass is 16.3. The van der Waals surface area contributed by atoms with Crippen LogP contribution in [0.25, 0.3) is 0 Å². The first-order valence-electron chi connectivity index (χ1n) is 7.21. The van der Waals surface area contributed by atoms with E-state index in [-0.39, 0.29) is 0 Å². The third-order valence-electron chi connectivity index (χ3n) is 3.92. The van der Waals surface area contributed by atoms with Crippen molar-refractivity contribution in [3.8, 4) is 0 Å². The zero-order chi connectivity index (χ0) is 12.5. The van der Waals surface area contributed by atoms with E-state index in [4.69, 9.17) is 4.42 Å². The lowest BCUT2D eigenvalue weighted by Gasteiger charge is -2.15. The summed E-state index contributed by atoms with van der Waals surface area (Å²) in [6.07, 6.45) is 5.50. The van der Waals surface area contributed by atoms with E-state index < -0.39 is 0 Å². The zero-order valence-corrected chi connectivity index (χ0v) is 11.5.